The summed E-state index contributed by atoms with van der Waals surface area (Å²) >= 11 is 0. The lowest BCUT2D eigenvalue weighted by molar-refractivity contribution is -0.142. The van der Waals surface area contributed by atoms with Gasteiger partial charge in [0.2, 0.25) is 5.78 Å². The van der Waals surface area contributed by atoms with Crippen LogP contribution in [0.5, 0.6) is 0 Å². The maximum Gasteiger partial charge on any atom is 0.294 e. The van der Waals surface area contributed by atoms with Gasteiger partial charge in [0, 0.05) is 69.5 Å². The van der Waals surface area contributed by atoms with E-state index >= 15 is 0 Å². The Labute approximate surface area is 260 Å². The van der Waals surface area contributed by atoms with Gasteiger partial charge in [-0.15, -0.1) is 0 Å². The minimum atomic E-state index is -0.958. The molecule has 1 amide bonds. The number of aliphatic hydroxyl groups is 1. The molecule has 8 nitrogen and oxygen atoms in total. The highest BCUT2D eigenvalue weighted by Gasteiger charge is 2.26. The van der Waals surface area contributed by atoms with E-state index in [1.54, 1.807) is 24.3 Å². The lowest BCUT2D eigenvalue weighted by atomic mass is 10.0. The van der Waals surface area contributed by atoms with Crippen LogP contribution in [0.4, 0.5) is 20.2 Å². The summed E-state index contributed by atoms with van der Waals surface area (Å²) in [6.07, 6.45) is 2.57. The van der Waals surface area contributed by atoms with E-state index in [2.05, 4.69) is 4.90 Å². The lowest BCUT2D eigenvalue weighted by Crippen LogP contribution is -2.50. The monoisotopic (exact) mass is 612 g/mol. The summed E-state index contributed by atoms with van der Waals surface area (Å²) in [5, 5.41) is 11.0. The highest BCUT2D eigenvalue weighted by molar-refractivity contribution is 6.41. The van der Waals surface area contributed by atoms with Crippen molar-refractivity contribution in [2.75, 3.05) is 50.1 Å². The average molecular weight is 613 g/mol. The third-order valence-corrected chi connectivity index (χ3v) is 7.82. The molecule has 1 saturated heterocycles. The second-order valence-electron chi connectivity index (χ2n) is 11.2. The fourth-order valence-corrected chi connectivity index (χ4v) is 5.29. The molecule has 1 aliphatic heterocycles. The van der Waals surface area contributed by atoms with Crippen molar-refractivity contribution in [3.63, 3.8) is 0 Å². The van der Waals surface area contributed by atoms with Crippen molar-refractivity contribution in [2.24, 2.45) is 0 Å². The van der Waals surface area contributed by atoms with Crippen LogP contribution in [0.3, 0.4) is 0 Å². The molecule has 0 unspecified atom stereocenters. The maximum absolute atomic E-state index is 14.5. The van der Waals surface area contributed by atoms with E-state index in [-0.39, 0.29) is 24.1 Å². The van der Waals surface area contributed by atoms with Crippen LogP contribution in [0, 0.1) is 11.6 Å². The van der Waals surface area contributed by atoms with E-state index in [0.29, 0.717) is 31.7 Å². The molecule has 0 aliphatic carbocycles. The van der Waals surface area contributed by atoms with Crippen LogP contribution in [0.2, 0.25) is 0 Å². The molecule has 0 saturated carbocycles. The van der Waals surface area contributed by atoms with E-state index in [4.69, 9.17) is 0 Å². The second-order valence-corrected chi connectivity index (χ2v) is 11.2. The molecule has 2 heterocycles. The topological polar surface area (TPSA) is 86.1 Å². The minimum absolute atomic E-state index is 0.127. The van der Waals surface area contributed by atoms with E-state index < -0.39 is 34.6 Å². The Kier molecular flexibility index (Phi) is 9.42. The zero-order valence-electron chi connectivity index (χ0n) is 25.1. The molecular formula is C35H34F2N4O4. The lowest BCUT2D eigenvalue weighted by Gasteiger charge is -2.35. The highest BCUT2D eigenvalue weighted by Crippen LogP contribution is 2.21. The molecule has 0 atom stereocenters. The Morgan fingerprint density at radius 3 is 2.20 bits per heavy atom. The SMILES string of the molecule is CN(C)c1ccc(N2CCN(C(=O)C(=O)/C=C(/O)c3cc(Cc4ccc(F)cc4)cn(Cc4ccccc4F)c3=O)CC2)cc1. The number of ketones is 1. The number of aliphatic hydroxyl groups excluding tert-OH is 1. The molecule has 1 aliphatic rings. The van der Waals surface area contributed by atoms with Gasteiger partial charge >= 0.3 is 0 Å². The van der Waals surface area contributed by atoms with Gasteiger partial charge in [-0.3, -0.25) is 14.4 Å². The number of nitrogens with zero attached hydrogens (tertiary/aromatic N) is 4. The van der Waals surface area contributed by atoms with Gasteiger partial charge in [-0.25, -0.2) is 8.78 Å². The predicted octanol–water partition coefficient (Wildman–Crippen LogP) is 4.65. The number of piperazine rings is 1. The van der Waals surface area contributed by atoms with Crippen molar-refractivity contribution in [3.8, 4) is 0 Å². The van der Waals surface area contributed by atoms with Crippen molar-refractivity contribution < 1.29 is 23.5 Å². The summed E-state index contributed by atoms with van der Waals surface area (Å²) in [4.78, 5) is 45.0. The first-order chi connectivity index (χ1) is 21.6. The quantitative estimate of drug-likeness (QED) is 0.168. The van der Waals surface area contributed by atoms with Crippen LogP contribution in [-0.2, 0) is 22.6 Å². The molecule has 1 aromatic heterocycles. The molecule has 0 bridgehead atoms. The fourth-order valence-electron chi connectivity index (χ4n) is 5.29. The molecule has 4 aromatic rings. The first-order valence-electron chi connectivity index (χ1n) is 14.6. The molecule has 1 N–H and O–H groups in total. The van der Waals surface area contributed by atoms with Gasteiger partial charge in [0.25, 0.3) is 11.5 Å². The Morgan fingerprint density at radius 1 is 0.889 bits per heavy atom. The number of hydrogen-bond acceptors (Lipinski definition) is 6. The summed E-state index contributed by atoms with van der Waals surface area (Å²) in [6.45, 7) is 1.57. The zero-order valence-corrected chi connectivity index (χ0v) is 25.1. The van der Waals surface area contributed by atoms with E-state index in [0.717, 1.165) is 23.0 Å². The van der Waals surface area contributed by atoms with Gasteiger partial charge in [-0.2, -0.15) is 0 Å². The van der Waals surface area contributed by atoms with Crippen LogP contribution >= 0.6 is 0 Å². The molecule has 0 radical (unpaired) electrons. The Bertz CT molecular complexity index is 1780. The minimum Gasteiger partial charge on any atom is -0.507 e. The van der Waals surface area contributed by atoms with E-state index in [1.165, 1.54) is 46.0 Å². The van der Waals surface area contributed by atoms with Crippen molar-refractivity contribution >= 4 is 28.8 Å². The number of pyridine rings is 1. The molecule has 10 heteroatoms. The highest BCUT2D eigenvalue weighted by atomic mass is 19.1. The molecule has 3 aromatic carbocycles. The number of halogens is 2. The van der Waals surface area contributed by atoms with Crippen LogP contribution in [0.1, 0.15) is 22.3 Å². The largest absolute Gasteiger partial charge is 0.507 e. The van der Waals surface area contributed by atoms with E-state index in [9.17, 15) is 28.3 Å². The fraction of sp³-hybridized carbons (Fsp3) is 0.229. The van der Waals surface area contributed by atoms with Crippen molar-refractivity contribution in [3.05, 3.63) is 135 Å². The maximum atomic E-state index is 14.5. The summed E-state index contributed by atoms with van der Waals surface area (Å²) in [6, 6.07) is 21.3. The first kappa shape index (κ1) is 31.2. The molecular weight excluding hydrogens is 578 g/mol. The van der Waals surface area contributed by atoms with Gasteiger partial charge in [-0.05, 0) is 66.1 Å². The second kappa shape index (κ2) is 13.6. The Morgan fingerprint density at radius 2 is 1.56 bits per heavy atom. The van der Waals surface area contributed by atoms with E-state index in [1.807, 2.05) is 43.3 Å². The number of rotatable bonds is 9. The zero-order chi connectivity index (χ0) is 32.1. The number of carbonyl (C=O) groups excluding carboxylic acids is 2. The van der Waals surface area contributed by atoms with Crippen LogP contribution < -0.4 is 15.4 Å². The summed E-state index contributed by atoms with van der Waals surface area (Å²) < 4.78 is 29.2. The first-order valence-corrected chi connectivity index (χ1v) is 14.6. The van der Waals surface area contributed by atoms with Crippen molar-refractivity contribution in [2.45, 2.75) is 13.0 Å². The van der Waals surface area contributed by atoms with Crippen LogP contribution in [0.25, 0.3) is 5.76 Å². The molecule has 0 spiro atoms. The number of benzene rings is 3. The number of hydrogen-bond donors (Lipinski definition) is 1. The van der Waals surface area contributed by atoms with Crippen molar-refractivity contribution in [1.29, 1.82) is 0 Å². The molecule has 5 rings (SSSR count). The van der Waals surface area contributed by atoms with Gasteiger partial charge in [0.05, 0.1) is 12.1 Å². The summed E-state index contributed by atoms with van der Waals surface area (Å²) in [5.41, 5.74) is 2.77. The Balaban J connectivity index is 1.34. The number of carbonyl (C=O) groups is 2. The van der Waals surface area contributed by atoms with Gasteiger partial charge in [0.1, 0.15) is 17.4 Å². The van der Waals surface area contributed by atoms with Crippen LogP contribution in [-0.4, -0.2) is 66.5 Å². The third kappa shape index (κ3) is 7.46. The van der Waals surface area contributed by atoms with Gasteiger partial charge in [0.15, 0.2) is 0 Å². The smallest absolute Gasteiger partial charge is 0.294 e. The normalized spacial score (nSPS) is 13.6. The average Bonchev–Trinajstić information content (AvgIpc) is 3.04. The van der Waals surface area contributed by atoms with Crippen molar-refractivity contribution in [1.82, 2.24) is 9.47 Å². The van der Waals surface area contributed by atoms with Gasteiger partial charge < -0.3 is 24.4 Å². The predicted molar refractivity (Wildman–Crippen MR) is 171 cm³/mol. The number of anilines is 2. The number of amides is 1. The van der Waals surface area contributed by atoms with Gasteiger partial charge in [-0.1, -0.05) is 30.3 Å². The standard InChI is InChI=1S/C35H34F2N4O4/c1-38(2)28-11-13-29(14-12-28)39-15-17-40(18-16-39)35(45)33(43)21-32(42)30-20-25(19-24-7-9-27(36)10-8-24)22-41(34(30)44)23-26-5-3-4-6-31(26)37/h3-14,20-22,42H,15-19,23H2,1-2H3/b32-21+. The molecule has 232 valence electrons. The summed E-state index contributed by atoms with van der Waals surface area (Å²) in [5.74, 6) is -3.30. The summed E-state index contributed by atoms with van der Waals surface area (Å²) in [7, 11) is 3.93. The Hall–Kier alpha value is -5.25. The molecule has 1 fully saturated rings. The third-order valence-electron chi connectivity index (χ3n) is 7.82. The molecule has 45 heavy (non-hydrogen) atoms. The number of aromatic nitrogens is 1. The van der Waals surface area contributed by atoms with Crippen LogP contribution in [0.15, 0.2) is 95.9 Å².